The molecule has 0 N–H and O–H groups in total. The van der Waals surface area contributed by atoms with Gasteiger partial charge >= 0.3 is 0 Å². The van der Waals surface area contributed by atoms with Gasteiger partial charge in [-0.3, -0.25) is 0 Å². The number of alkyl halides is 2. The maximum absolute atomic E-state index is 12.3. The molecule has 1 aromatic carbocycles. The Morgan fingerprint density at radius 3 is 2.85 bits per heavy atom. The third-order valence-corrected chi connectivity index (χ3v) is 2.80. The second-order valence-electron chi connectivity index (χ2n) is 3.70. The first kappa shape index (κ1) is 8.67. The molecule has 1 aromatic rings. The van der Waals surface area contributed by atoms with E-state index in [0.717, 1.165) is 18.4 Å². The molecule has 0 aromatic heterocycles. The highest BCUT2D eigenvalue weighted by Gasteiger charge is 2.19. The van der Waals surface area contributed by atoms with Crippen LogP contribution in [-0.4, -0.2) is 0 Å². The summed E-state index contributed by atoms with van der Waals surface area (Å²) in [5.41, 5.74) is 2.53. The van der Waals surface area contributed by atoms with Crippen LogP contribution in [0.5, 0.6) is 0 Å². The molecule has 0 heterocycles. The Morgan fingerprint density at radius 1 is 1.38 bits per heavy atom. The minimum atomic E-state index is -2.33. The number of halogens is 2. The van der Waals surface area contributed by atoms with Gasteiger partial charge in [0.25, 0.3) is 6.43 Å². The van der Waals surface area contributed by atoms with Gasteiger partial charge in [-0.2, -0.15) is 0 Å². The molecular formula is C11H12F2. The molecule has 13 heavy (non-hydrogen) atoms. The first-order valence-corrected chi connectivity index (χ1v) is 4.59. The van der Waals surface area contributed by atoms with E-state index < -0.39 is 6.43 Å². The molecule has 0 radical (unpaired) electrons. The molecule has 0 fully saturated rings. The maximum Gasteiger partial charge on any atom is 0.263 e. The number of fused-ring (bicyclic) bond motifs is 1. The highest BCUT2D eigenvalue weighted by molar-refractivity contribution is 5.38. The summed E-state index contributed by atoms with van der Waals surface area (Å²) in [6.45, 7) is 2.15. The van der Waals surface area contributed by atoms with Gasteiger partial charge in [-0.05, 0) is 36.0 Å². The van der Waals surface area contributed by atoms with Crippen molar-refractivity contribution in [2.24, 2.45) is 0 Å². The van der Waals surface area contributed by atoms with Crippen LogP contribution in [0.15, 0.2) is 18.2 Å². The first-order chi connectivity index (χ1) is 6.18. The van der Waals surface area contributed by atoms with Gasteiger partial charge in [-0.15, -0.1) is 0 Å². The minimum absolute atomic E-state index is 0.160. The fourth-order valence-corrected chi connectivity index (χ4v) is 1.99. The molecule has 0 saturated heterocycles. The highest BCUT2D eigenvalue weighted by Crippen LogP contribution is 2.34. The summed E-state index contributed by atoms with van der Waals surface area (Å²) in [5.74, 6) is 0.543. The van der Waals surface area contributed by atoms with Crippen LogP contribution in [0.2, 0.25) is 0 Å². The molecule has 0 amide bonds. The van der Waals surface area contributed by atoms with E-state index in [4.69, 9.17) is 0 Å². The van der Waals surface area contributed by atoms with E-state index in [9.17, 15) is 8.78 Å². The van der Waals surface area contributed by atoms with Crippen molar-refractivity contribution in [1.29, 1.82) is 0 Å². The van der Waals surface area contributed by atoms with Gasteiger partial charge in [0, 0.05) is 5.56 Å². The third kappa shape index (κ3) is 1.45. The third-order valence-electron chi connectivity index (χ3n) is 2.80. The van der Waals surface area contributed by atoms with Gasteiger partial charge in [-0.25, -0.2) is 8.78 Å². The molecule has 0 aliphatic heterocycles. The van der Waals surface area contributed by atoms with Crippen molar-refractivity contribution in [2.75, 3.05) is 0 Å². The van der Waals surface area contributed by atoms with Gasteiger partial charge < -0.3 is 0 Å². The Morgan fingerprint density at radius 2 is 2.15 bits per heavy atom. The lowest BCUT2D eigenvalue weighted by Crippen LogP contribution is -1.90. The fourth-order valence-electron chi connectivity index (χ4n) is 1.99. The van der Waals surface area contributed by atoms with Crippen LogP contribution in [0.4, 0.5) is 8.78 Å². The zero-order valence-corrected chi connectivity index (χ0v) is 7.56. The largest absolute Gasteiger partial charge is 0.263 e. The molecule has 0 saturated carbocycles. The molecule has 2 heteroatoms. The predicted octanol–water partition coefficient (Wildman–Crippen LogP) is 3.67. The van der Waals surface area contributed by atoms with Crippen molar-refractivity contribution < 1.29 is 8.78 Å². The van der Waals surface area contributed by atoms with Crippen molar-refractivity contribution in [3.05, 3.63) is 34.9 Å². The topological polar surface area (TPSA) is 0 Å². The molecular weight excluding hydrogens is 170 g/mol. The van der Waals surface area contributed by atoms with Gasteiger partial charge in [0.1, 0.15) is 0 Å². The van der Waals surface area contributed by atoms with Gasteiger partial charge in [-0.1, -0.05) is 19.1 Å². The average molecular weight is 182 g/mol. The quantitative estimate of drug-likeness (QED) is 0.621. The summed E-state index contributed by atoms with van der Waals surface area (Å²) in [4.78, 5) is 0. The zero-order valence-electron chi connectivity index (χ0n) is 7.56. The van der Waals surface area contributed by atoms with Crippen LogP contribution in [0.1, 0.15) is 42.4 Å². The number of hydrogen-bond donors (Lipinski definition) is 0. The Bertz CT molecular complexity index is 318. The number of hydrogen-bond acceptors (Lipinski definition) is 0. The Balaban J connectivity index is 2.40. The lowest BCUT2D eigenvalue weighted by molar-refractivity contribution is 0.151. The monoisotopic (exact) mass is 182 g/mol. The Labute approximate surface area is 76.6 Å². The summed E-state index contributed by atoms with van der Waals surface area (Å²) in [7, 11) is 0. The molecule has 2 rings (SSSR count). The van der Waals surface area contributed by atoms with E-state index in [2.05, 4.69) is 6.92 Å². The molecule has 1 aliphatic rings. The van der Waals surface area contributed by atoms with Gasteiger partial charge in [0.05, 0.1) is 0 Å². The summed E-state index contributed by atoms with van der Waals surface area (Å²) in [6.07, 6.45) is -0.278. The van der Waals surface area contributed by atoms with Crippen LogP contribution in [0.25, 0.3) is 0 Å². The molecule has 0 nitrogen and oxygen atoms in total. The SMILES string of the molecule is C[C@@H]1CCc2cc(C(F)F)ccc21. The smallest absolute Gasteiger partial charge is 0.205 e. The predicted molar refractivity (Wildman–Crippen MR) is 48.1 cm³/mol. The number of benzene rings is 1. The normalized spacial score (nSPS) is 20.8. The summed E-state index contributed by atoms with van der Waals surface area (Å²) >= 11 is 0. The first-order valence-electron chi connectivity index (χ1n) is 4.59. The average Bonchev–Trinajstić information content (AvgIpc) is 2.47. The summed E-state index contributed by atoms with van der Waals surface area (Å²) < 4.78 is 24.7. The van der Waals surface area contributed by atoms with Crippen molar-refractivity contribution >= 4 is 0 Å². The van der Waals surface area contributed by atoms with Crippen LogP contribution < -0.4 is 0 Å². The standard InChI is InChI=1S/C11H12F2/c1-7-2-3-8-6-9(11(12)13)4-5-10(7)8/h4-7,11H,2-3H2,1H3/t7-/m1/s1. The van der Waals surface area contributed by atoms with Crippen molar-refractivity contribution in [2.45, 2.75) is 32.1 Å². The second-order valence-corrected chi connectivity index (χ2v) is 3.70. The van der Waals surface area contributed by atoms with E-state index in [1.165, 1.54) is 5.56 Å². The minimum Gasteiger partial charge on any atom is -0.205 e. The van der Waals surface area contributed by atoms with E-state index in [1.54, 1.807) is 12.1 Å². The fraction of sp³-hybridized carbons (Fsp3) is 0.455. The number of rotatable bonds is 1. The maximum atomic E-state index is 12.3. The van der Waals surface area contributed by atoms with Crippen LogP contribution in [-0.2, 0) is 6.42 Å². The lowest BCUT2D eigenvalue weighted by atomic mass is 10.0. The van der Waals surface area contributed by atoms with E-state index in [1.807, 2.05) is 6.07 Å². The van der Waals surface area contributed by atoms with Gasteiger partial charge in [0.15, 0.2) is 0 Å². The lowest BCUT2D eigenvalue weighted by Gasteiger charge is -2.06. The van der Waals surface area contributed by atoms with Crippen molar-refractivity contribution in [3.8, 4) is 0 Å². The molecule has 70 valence electrons. The Hall–Kier alpha value is -0.920. The molecule has 1 aliphatic carbocycles. The molecule has 0 unspecified atom stereocenters. The van der Waals surface area contributed by atoms with E-state index >= 15 is 0 Å². The van der Waals surface area contributed by atoms with Crippen molar-refractivity contribution in [3.63, 3.8) is 0 Å². The Kier molecular flexibility index (Phi) is 2.06. The van der Waals surface area contributed by atoms with Crippen LogP contribution >= 0.6 is 0 Å². The van der Waals surface area contributed by atoms with E-state index in [-0.39, 0.29) is 5.56 Å². The van der Waals surface area contributed by atoms with Crippen molar-refractivity contribution in [1.82, 2.24) is 0 Å². The molecule has 1 atom stereocenters. The van der Waals surface area contributed by atoms with E-state index in [0.29, 0.717) is 5.92 Å². The summed E-state index contributed by atoms with van der Waals surface area (Å²) in [6, 6.07) is 5.06. The molecule has 0 bridgehead atoms. The summed E-state index contributed by atoms with van der Waals surface area (Å²) in [5, 5.41) is 0. The van der Waals surface area contributed by atoms with Gasteiger partial charge in [0.2, 0.25) is 0 Å². The molecule has 0 spiro atoms. The highest BCUT2D eigenvalue weighted by atomic mass is 19.3. The zero-order chi connectivity index (χ0) is 9.42. The number of aryl methyl sites for hydroxylation is 1. The second kappa shape index (κ2) is 3.09. The van der Waals surface area contributed by atoms with Crippen LogP contribution in [0, 0.1) is 0 Å². The van der Waals surface area contributed by atoms with Crippen LogP contribution in [0.3, 0.4) is 0 Å².